The summed E-state index contributed by atoms with van der Waals surface area (Å²) < 4.78 is 1.03. The maximum absolute atomic E-state index is 4.16. The van der Waals surface area contributed by atoms with Crippen LogP contribution in [-0.4, -0.2) is 22.5 Å². The Labute approximate surface area is 103 Å². The van der Waals surface area contributed by atoms with Crippen LogP contribution in [0.15, 0.2) is 22.9 Å². The molecule has 1 saturated carbocycles. The summed E-state index contributed by atoms with van der Waals surface area (Å²) >= 11 is 5.41. The Morgan fingerprint density at radius 1 is 1.47 bits per heavy atom. The first-order chi connectivity index (χ1) is 7.29. The second kappa shape index (κ2) is 5.21. The third-order valence-electron chi connectivity index (χ3n) is 2.81. The minimum atomic E-state index is 0.607. The zero-order chi connectivity index (χ0) is 10.7. The van der Waals surface area contributed by atoms with Gasteiger partial charge in [-0.15, -0.1) is 0 Å². The number of hydrogen-bond donors (Lipinski definition) is 1. The highest BCUT2D eigenvalue weighted by molar-refractivity contribution is 9.10. The first-order valence-electron chi connectivity index (χ1n) is 5.19. The van der Waals surface area contributed by atoms with Gasteiger partial charge in [0.15, 0.2) is 0 Å². The molecular formula is C11H15BrN2S. The van der Waals surface area contributed by atoms with Gasteiger partial charge in [0.2, 0.25) is 0 Å². The van der Waals surface area contributed by atoms with Gasteiger partial charge in [0.1, 0.15) is 0 Å². The molecule has 1 aliphatic carbocycles. The molecule has 1 aromatic rings. The predicted octanol–water partition coefficient (Wildman–Crippen LogP) is 3.54. The molecule has 2 atom stereocenters. The number of nitrogens with zero attached hydrogens (tertiary/aromatic N) is 1. The van der Waals surface area contributed by atoms with Crippen LogP contribution in [0.4, 0.5) is 5.69 Å². The topological polar surface area (TPSA) is 24.9 Å². The molecule has 15 heavy (non-hydrogen) atoms. The van der Waals surface area contributed by atoms with E-state index in [2.05, 4.69) is 38.6 Å². The van der Waals surface area contributed by atoms with Gasteiger partial charge in [0, 0.05) is 22.0 Å². The molecule has 2 rings (SSSR count). The van der Waals surface area contributed by atoms with Crippen molar-refractivity contribution in [2.24, 2.45) is 0 Å². The number of rotatable bonds is 3. The standard InChI is InChI=1S/C11H15BrN2S/c1-15-11-4-2-3-10(11)14-9-5-8(12)6-13-7-9/h5-7,10-11,14H,2-4H2,1H3. The van der Waals surface area contributed by atoms with Crippen LogP contribution in [0.5, 0.6) is 0 Å². The van der Waals surface area contributed by atoms with Gasteiger partial charge in [-0.1, -0.05) is 6.42 Å². The zero-order valence-electron chi connectivity index (χ0n) is 8.74. The lowest BCUT2D eigenvalue weighted by atomic mass is 10.2. The van der Waals surface area contributed by atoms with E-state index in [0.29, 0.717) is 6.04 Å². The smallest absolute Gasteiger partial charge is 0.0540 e. The Balaban J connectivity index is 2.02. The van der Waals surface area contributed by atoms with Crippen molar-refractivity contribution >= 4 is 33.4 Å². The lowest BCUT2D eigenvalue weighted by Crippen LogP contribution is -2.25. The fourth-order valence-electron chi connectivity index (χ4n) is 2.08. The third-order valence-corrected chi connectivity index (χ3v) is 4.42. The molecule has 82 valence electrons. The van der Waals surface area contributed by atoms with Crippen molar-refractivity contribution in [1.29, 1.82) is 0 Å². The Morgan fingerprint density at radius 3 is 3.07 bits per heavy atom. The van der Waals surface area contributed by atoms with E-state index in [9.17, 15) is 0 Å². The van der Waals surface area contributed by atoms with Gasteiger partial charge in [0.25, 0.3) is 0 Å². The normalized spacial score (nSPS) is 25.5. The number of pyridine rings is 1. The summed E-state index contributed by atoms with van der Waals surface area (Å²) in [6, 6.07) is 2.69. The highest BCUT2D eigenvalue weighted by atomic mass is 79.9. The van der Waals surface area contributed by atoms with Crippen LogP contribution in [-0.2, 0) is 0 Å². The van der Waals surface area contributed by atoms with Crippen molar-refractivity contribution in [2.75, 3.05) is 11.6 Å². The predicted molar refractivity (Wildman–Crippen MR) is 70.5 cm³/mol. The molecule has 0 aliphatic heterocycles. The highest BCUT2D eigenvalue weighted by Crippen LogP contribution is 2.30. The van der Waals surface area contributed by atoms with Gasteiger partial charge in [-0.2, -0.15) is 11.8 Å². The Bertz CT molecular complexity index is 332. The van der Waals surface area contributed by atoms with E-state index in [1.54, 1.807) is 0 Å². The summed E-state index contributed by atoms with van der Waals surface area (Å²) in [5.41, 5.74) is 1.12. The molecule has 0 amide bonds. The number of aromatic nitrogens is 1. The molecule has 1 aromatic heterocycles. The van der Waals surface area contributed by atoms with Crippen molar-refractivity contribution in [3.05, 3.63) is 22.9 Å². The van der Waals surface area contributed by atoms with Crippen LogP contribution >= 0.6 is 27.7 Å². The zero-order valence-corrected chi connectivity index (χ0v) is 11.1. The van der Waals surface area contributed by atoms with E-state index < -0.39 is 0 Å². The minimum absolute atomic E-state index is 0.607. The fourth-order valence-corrected chi connectivity index (χ4v) is 3.38. The van der Waals surface area contributed by atoms with Crippen LogP contribution in [0.2, 0.25) is 0 Å². The molecule has 1 aliphatic rings. The van der Waals surface area contributed by atoms with Crippen LogP contribution in [0.3, 0.4) is 0 Å². The van der Waals surface area contributed by atoms with E-state index in [1.807, 2.05) is 24.2 Å². The van der Waals surface area contributed by atoms with Gasteiger partial charge in [-0.25, -0.2) is 0 Å². The molecule has 4 heteroatoms. The monoisotopic (exact) mass is 286 g/mol. The van der Waals surface area contributed by atoms with Gasteiger partial charge in [-0.3, -0.25) is 4.98 Å². The summed E-state index contributed by atoms with van der Waals surface area (Å²) in [7, 11) is 0. The highest BCUT2D eigenvalue weighted by Gasteiger charge is 2.26. The number of anilines is 1. The lowest BCUT2D eigenvalue weighted by Gasteiger charge is -2.20. The van der Waals surface area contributed by atoms with E-state index in [0.717, 1.165) is 15.4 Å². The van der Waals surface area contributed by atoms with E-state index in [-0.39, 0.29) is 0 Å². The average Bonchev–Trinajstić information content (AvgIpc) is 2.65. The second-order valence-electron chi connectivity index (χ2n) is 3.85. The Kier molecular flexibility index (Phi) is 3.92. The van der Waals surface area contributed by atoms with Crippen molar-refractivity contribution in [2.45, 2.75) is 30.6 Å². The molecule has 0 aromatic carbocycles. The minimum Gasteiger partial charge on any atom is -0.380 e. The third kappa shape index (κ3) is 2.88. The van der Waals surface area contributed by atoms with Gasteiger partial charge >= 0.3 is 0 Å². The van der Waals surface area contributed by atoms with Gasteiger partial charge in [0.05, 0.1) is 11.9 Å². The molecule has 1 heterocycles. The lowest BCUT2D eigenvalue weighted by molar-refractivity contribution is 0.768. The van der Waals surface area contributed by atoms with E-state index >= 15 is 0 Å². The SMILES string of the molecule is CSC1CCCC1Nc1cncc(Br)c1. The van der Waals surface area contributed by atoms with E-state index in [4.69, 9.17) is 0 Å². The molecule has 0 bridgehead atoms. The van der Waals surface area contributed by atoms with Crippen molar-refractivity contribution in [1.82, 2.24) is 4.98 Å². The van der Waals surface area contributed by atoms with Crippen molar-refractivity contribution in [3.63, 3.8) is 0 Å². The molecule has 2 nitrogen and oxygen atoms in total. The van der Waals surface area contributed by atoms with Gasteiger partial charge < -0.3 is 5.32 Å². The summed E-state index contributed by atoms with van der Waals surface area (Å²) in [6.07, 6.45) is 9.85. The summed E-state index contributed by atoms with van der Waals surface area (Å²) in [4.78, 5) is 4.16. The molecule has 1 N–H and O–H groups in total. The Morgan fingerprint density at radius 2 is 2.33 bits per heavy atom. The summed E-state index contributed by atoms with van der Waals surface area (Å²) in [5, 5.41) is 4.32. The molecule has 1 fully saturated rings. The van der Waals surface area contributed by atoms with Crippen molar-refractivity contribution in [3.8, 4) is 0 Å². The average molecular weight is 287 g/mol. The van der Waals surface area contributed by atoms with Crippen LogP contribution in [0.1, 0.15) is 19.3 Å². The van der Waals surface area contributed by atoms with Crippen LogP contribution < -0.4 is 5.32 Å². The van der Waals surface area contributed by atoms with Crippen LogP contribution in [0.25, 0.3) is 0 Å². The van der Waals surface area contributed by atoms with Crippen LogP contribution in [0, 0.1) is 0 Å². The van der Waals surface area contributed by atoms with E-state index in [1.165, 1.54) is 19.3 Å². The maximum Gasteiger partial charge on any atom is 0.0540 e. The number of hydrogen-bond acceptors (Lipinski definition) is 3. The molecule has 0 spiro atoms. The quantitative estimate of drug-likeness (QED) is 0.920. The Hall–Kier alpha value is -0.220. The number of thioether (sulfide) groups is 1. The summed E-state index contributed by atoms with van der Waals surface area (Å²) in [6.45, 7) is 0. The maximum atomic E-state index is 4.16. The summed E-state index contributed by atoms with van der Waals surface area (Å²) in [5.74, 6) is 0. The molecule has 0 radical (unpaired) electrons. The number of halogens is 1. The van der Waals surface area contributed by atoms with Gasteiger partial charge in [-0.05, 0) is 41.1 Å². The fraction of sp³-hybridized carbons (Fsp3) is 0.545. The number of nitrogens with one attached hydrogen (secondary N) is 1. The first-order valence-corrected chi connectivity index (χ1v) is 7.27. The largest absolute Gasteiger partial charge is 0.380 e. The molecule has 2 unspecified atom stereocenters. The molecule has 0 saturated heterocycles. The second-order valence-corrected chi connectivity index (χ2v) is 5.84. The molecular weight excluding hydrogens is 272 g/mol. The van der Waals surface area contributed by atoms with Crippen molar-refractivity contribution < 1.29 is 0 Å². The first kappa shape index (κ1) is 11.3.